The molecule has 0 radical (unpaired) electrons. The minimum atomic E-state index is -0.110. The molecule has 0 aliphatic heterocycles. The van der Waals surface area contributed by atoms with Gasteiger partial charge in [-0.15, -0.1) is 0 Å². The molecule has 0 bridgehead atoms. The Kier molecular flexibility index (Phi) is 3.52. The number of benzene rings is 2. The van der Waals surface area contributed by atoms with Crippen LogP contribution in [-0.2, 0) is 11.3 Å². The molecule has 23 heavy (non-hydrogen) atoms. The van der Waals surface area contributed by atoms with Crippen molar-refractivity contribution >= 4 is 55.1 Å². The number of halogens is 1. The van der Waals surface area contributed by atoms with Crippen molar-refractivity contribution in [3.63, 3.8) is 0 Å². The summed E-state index contributed by atoms with van der Waals surface area (Å²) in [6, 6.07) is 15.4. The van der Waals surface area contributed by atoms with E-state index in [0.29, 0.717) is 10.2 Å². The van der Waals surface area contributed by atoms with Crippen LogP contribution < -0.4 is 5.32 Å². The maximum atomic E-state index is 12.3. The van der Waals surface area contributed by atoms with E-state index >= 15 is 0 Å². The highest BCUT2D eigenvalue weighted by atomic mass is 35.5. The van der Waals surface area contributed by atoms with Crippen molar-refractivity contribution in [2.75, 3.05) is 5.32 Å². The molecule has 0 aliphatic carbocycles. The van der Waals surface area contributed by atoms with Crippen molar-refractivity contribution in [1.29, 1.82) is 0 Å². The van der Waals surface area contributed by atoms with Crippen LogP contribution >= 0.6 is 22.9 Å². The summed E-state index contributed by atoms with van der Waals surface area (Å²) in [6.45, 7) is 0.222. The Bertz CT molecular complexity index is 988. The minimum Gasteiger partial charge on any atom is -0.338 e. The molecule has 4 rings (SSSR count). The molecule has 0 spiro atoms. The molecule has 1 N–H and O–H groups in total. The Labute approximate surface area is 141 Å². The van der Waals surface area contributed by atoms with E-state index in [1.54, 1.807) is 0 Å². The number of nitrogens with one attached hydrogen (secondary N) is 1. The number of carbonyl (C=O) groups excluding carboxylic acids is 1. The second kappa shape index (κ2) is 5.68. The van der Waals surface area contributed by atoms with Crippen molar-refractivity contribution < 1.29 is 4.79 Å². The standard InChI is InChI=1S/C17H12ClN3OS/c18-12-6-5-11-7-8-21(14(11)9-12)10-16(22)20-17-19-13-3-1-2-4-15(13)23-17/h1-9H,10H2,(H,19,20,22). The number of anilines is 1. The fourth-order valence-corrected chi connectivity index (χ4v) is 3.58. The van der Waals surface area contributed by atoms with Crippen LogP contribution in [0.15, 0.2) is 54.7 Å². The molecular formula is C17H12ClN3OS. The molecule has 2 aromatic carbocycles. The Balaban J connectivity index is 1.56. The van der Waals surface area contributed by atoms with E-state index in [1.165, 1.54) is 11.3 Å². The maximum Gasteiger partial charge on any atom is 0.246 e. The summed E-state index contributed by atoms with van der Waals surface area (Å²) >= 11 is 7.51. The fourth-order valence-electron chi connectivity index (χ4n) is 2.53. The molecule has 0 unspecified atom stereocenters. The maximum absolute atomic E-state index is 12.3. The number of rotatable bonds is 3. The number of hydrogen-bond acceptors (Lipinski definition) is 3. The van der Waals surface area contributed by atoms with Gasteiger partial charge in [-0.05, 0) is 35.7 Å². The van der Waals surface area contributed by atoms with Crippen molar-refractivity contribution in [2.24, 2.45) is 0 Å². The number of para-hydroxylation sites is 1. The predicted molar refractivity (Wildman–Crippen MR) is 95.2 cm³/mol. The summed E-state index contributed by atoms with van der Waals surface area (Å²) in [4.78, 5) is 16.7. The first-order valence-corrected chi connectivity index (χ1v) is 8.28. The zero-order chi connectivity index (χ0) is 15.8. The topological polar surface area (TPSA) is 46.9 Å². The highest BCUT2D eigenvalue weighted by Crippen LogP contribution is 2.25. The average molecular weight is 342 g/mol. The molecule has 0 fully saturated rings. The summed E-state index contributed by atoms with van der Waals surface area (Å²) in [6.07, 6.45) is 1.89. The summed E-state index contributed by atoms with van der Waals surface area (Å²) in [5.41, 5.74) is 1.84. The van der Waals surface area contributed by atoms with Crippen molar-refractivity contribution in [3.05, 3.63) is 59.8 Å². The molecule has 6 heteroatoms. The highest BCUT2D eigenvalue weighted by molar-refractivity contribution is 7.22. The fraction of sp³-hybridized carbons (Fsp3) is 0.0588. The number of fused-ring (bicyclic) bond motifs is 2. The minimum absolute atomic E-state index is 0.110. The third kappa shape index (κ3) is 2.81. The van der Waals surface area contributed by atoms with Gasteiger partial charge in [0.1, 0.15) is 6.54 Å². The van der Waals surface area contributed by atoms with Gasteiger partial charge in [0.2, 0.25) is 5.91 Å². The SMILES string of the molecule is O=C(Cn1ccc2ccc(Cl)cc21)Nc1nc2ccccc2s1. The van der Waals surface area contributed by atoms with E-state index in [1.807, 2.05) is 59.3 Å². The van der Waals surface area contributed by atoms with E-state index in [-0.39, 0.29) is 12.5 Å². The number of nitrogens with zero attached hydrogens (tertiary/aromatic N) is 2. The van der Waals surface area contributed by atoms with Crippen LogP contribution in [0.2, 0.25) is 5.02 Å². The Hall–Kier alpha value is -2.37. The molecule has 4 nitrogen and oxygen atoms in total. The molecule has 2 heterocycles. The Morgan fingerprint density at radius 1 is 1.22 bits per heavy atom. The molecule has 2 aromatic heterocycles. The van der Waals surface area contributed by atoms with Gasteiger partial charge in [0.15, 0.2) is 5.13 Å². The quantitative estimate of drug-likeness (QED) is 0.594. The van der Waals surface area contributed by atoms with E-state index in [0.717, 1.165) is 21.1 Å². The molecular weight excluding hydrogens is 330 g/mol. The lowest BCUT2D eigenvalue weighted by molar-refractivity contribution is -0.116. The third-order valence-corrected chi connectivity index (χ3v) is 4.78. The summed E-state index contributed by atoms with van der Waals surface area (Å²) in [5, 5.41) is 5.19. The highest BCUT2D eigenvalue weighted by Gasteiger charge is 2.10. The van der Waals surface area contributed by atoms with Gasteiger partial charge >= 0.3 is 0 Å². The van der Waals surface area contributed by atoms with Crippen molar-refractivity contribution in [3.8, 4) is 0 Å². The molecule has 0 saturated heterocycles. The Morgan fingerprint density at radius 3 is 2.96 bits per heavy atom. The van der Waals surface area contributed by atoms with Crippen LogP contribution in [0.3, 0.4) is 0 Å². The van der Waals surface area contributed by atoms with Crippen molar-refractivity contribution in [1.82, 2.24) is 9.55 Å². The van der Waals surface area contributed by atoms with Gasteiger partial charge in [0.05, 0.1) is 10.2 Å². The van der Waals surface area contributed by atoms with Crippen LogP contribution in [-0.4, -0.2) is 15.5 Å². The second-order valence-electron chi connectivity index (χ2n) is 5.18. The zero-order valence-electron chi connectivity index (χ0n) is 12.0. The average Bonchev–Trinajstić information content (AvgIpc) is 3.10. The molecule has 4 aromatic rings. The Morgan fingerprint density at radius 2 is 2.09 bits per heavy atom. The van der Waals surface area contributed by atoms with Crippen LogP contribution in [0.1, 0.15) is 0 Å². The molecule has 0 atom stereocenters. The van der Waals surface area contributed by atoms with E-state index in [2.05, 4.69) is 10.3 Å². The number of thiazole rings is 1. The number of carbonyl (C=O) groups is 1. The molecule has 0 aliphatic rings. The van der Waals surface area contributed by atoms with Gasteiger partial charge in [-0.2, -0.15) is 0 Å². The van der Waals surface area contributed by atoms with E-state index < -0.39 is 0 Å². The van der Waals surface area contributed by atoms with Gasteiger partial charge in [0.25, 0.3) is 0 Å². The first kappa shape index (κ1) is 14.2. The lowest BCUT2D eigenvalue weighted by Gasteiger charge is -2.05. The van der Waals surface area contributed by atoms with Gasteiger partial charge in [0, 0.05) is 16.7 Å². The van der Waals surface area contributed by atoms with Gasteiger partial charge < -0.3 is 9.88 Å². The second-order valence-corrected chi connectivity index (χ2v) is 6.65. The normalized spacial score (nSPS) is 11.2. The summed E-state index contributed by atoms with van der Waals surface area (Å²) < 4.78 is 2.94. The van der Waals surface area contributed by atoms with E-state index in [4.69, 9.17) is 11.6 Å². The number of hydrogen-bond donors (Lipinski definition) is 1. The van der Waals surface area contributed by atoms with Crippen LogP contribution in [0, 0.1) is 0 Å². The largest absolute Gasteiger partial charge is 0.338 e. The van der Waals surface area contributed by atoms with Crippen LogP contribution in [0.25, 0.3) is 21.1 Å². The first-order valence-electron chi connectivity index (χ1n) is 7.09. The number of amides is 1. The van der Waals surface area contributed by atoms with Gasteiger partial charge in [-0.3, -0.25) is 4.79 Å². The molecule has 0 saturated carbocycles. The van der Waals surface area contributed by atoms with E-state index in [9.17, 15) is 4.79 Å². The van der Waals surface area contributed by atoms with Gasteiger partial charge in [-0.25, -0.2) is 4.98 Å². The summed E-state index contributed by atoms with van der Waals surface area (Å²) in [5.74, 6) is -0.110. The third-order valence-electron chi connectivity index (χ3n) is 3.59. The van der Waals surface area contributed by atoms with Crippen LogP contribution in [0.4, 0.5) is 5.13 Å². The van der Waals surface area contributed by atoms with Gasteiger partial charge in [-0.1, -0.05) is 41.1 Å². The zero-order valence-corrected chi connectivity index (χ0v) is 13.6. The number of aromatic nitrogens is 2. The lowest BCUT2D eigenvalue weighted by Crippen LogP contribution is -2.18. The van der Waals surface area contributed by atoms with Crippen molar-refractivity contribution in [2.45, 2.75) is 6.54 Å². The first-order chi connectivity index (χ1) is 11.2. The molecule has 114 valence electrons. The smallest absolute Gasteiger partial charge is 0.246 e. The summed E-state index contributed by atoms with van der Waals surface area (Å²) in [7, 11) is 0. The lowest BCUT2D eigenvalue weighted by atomic mass is 10.2. The molecule has 1 amide bonds. The van der Waals surface area contributed by atoms with Crippen LogP contribution in [0.5, 0.6) is 0 Å². The monoisotopic (exact) mass is 341 g/mol. The predicted octanol–water partition coefficient (Wildman–Crippen LogP) is 4.54.